The maximum atomic E-state index is 12.4. The molecule has 8 heteroatoms. The SMILES string of the molecule is COc1cc(C=C2C(=N)N3C=CSC3=NC2=O)ccc1OC(=O)c1cccc(C)c1. The average Bonchev–Trinajstić information content (AvgIpc) is 3.20. The zero-order valence-electron chi connectivity index (χ0n) is 16.2. The van der Waals surface area contributed by atoms with Crippen LogP contribution < -0.4 is 9.47 Å². The predicted octanol–water partition coefficient (Wildman–Crippen LogP) is 4.00. The minimum atomic E-state index is -0.493. The molecule has 1 amide bonds. The Kier molecular flexibility index (Phi) is 5.24. The van der Waals surface area contributed by atoms with Crippen LogP contribution in [-0.2, 0) is 4.79 Å². The highest BCUT2D eigenvalue weighted by Crippen LogP contribution is 2.31. The van der Waals surface area contributed by atoms with Crippen LogP contribution in [0.5, 0.6) is 11.5 Å². The van der Waals surface area contributed by atoms with Gasteiger partial charge in [-0.3, -0.25) is 15.1 Å². The van der Waals surface area contributed by atoms with Crippen molar-refractivity contribution >= 4 is 40.7 Å². The molecule has 2 aliphatic heterocycles. The van der Waals surface area contributed by atoms with Gasteiger partial charge in [0.1, 0.15) is 5.84 Å². The summed E-state index contributed by atoms with van der Waals surface area (Å²) in [7, 11) is 1.47. The smallest absolute Gasteiger partial charge is 0.343 e. The van der Waals surface area contributed by atoms with Gasteiger partial charge < -0.3 is 9.47 Å². The van der Waals surface area contributed by atoms with E-state index in [0.29, 0.717) is 22.0 Å². The van der Waals surface area contributed by atoms with Gasteiger partial charge in [0.2, 0.25) is 0 Å². The van der Waals surface area contributed by atoms with Crippen molar-refractivity contribution in [2.24, 2.45) is 4.99 Å². The molecule has 2 aromatic rings. The molecular weight excluding hydrogens is 402 g/mol. The third-order valence-electron chi connectivity index (χ3n) is 4.47. The molecular formula is C22H17N3O4S. The summed E-state index contributed by atoms with van der Waals surface area (Å²) in [5.74, 6) is -0.319. The van der Waals surface area contributed by atoms with E-state index in [1.54, 1.807) is 59.0 Å². The van der Waals surface area contributed by atoms with E-state index in [0.717, 1.165) is 5.56 Å². The summed E-state index contributed by atoms with van der Waals surface area (Å²) in [6.07, 6.45) is 3.26. The van der Waals surface area contributed by atoms with E-state index < -0.39 is 11.9 Å². The first-order valence-corrected chi connectivity index (χ1v) is 9.87. The highest BCUT2D eigenvalue weighted by atomic mass is 32.2. The van der Waals surface area contributed by atoms with Crippen LogP contribution in [0.3, 0.4) is 0 Å². The molecule has 0 aliphatic carbocycles. The molecule has 2 heterocycles. The molecule has 0 bridgehead atoms. The number of benzene rings is 2. The van der Waals surface area contributed by atoms with Gasteiger partial charge in [0.05, 0.1) is 18.2 Å². The molecule has 150 valence electrons. The minimum absolute atomic E-state index is 0.0557. The Morgan fingerprint density at radius 3 is 2.80 bits per heavy atom. The van der Waals surface area contributed by atoms with Crippen molar-refractivity contribution in [1.29, 1.82) is 5.41 Å². The number of hydrogen-bond donors (Lipinski definition) is 1. The molecule has 0 saturated carbocycles. The highest BCUT2D eigenvalue weighted by Gasteiger charge is 2.31. The standard InChI is InChI=1S/C22H17N3O4S/c1-13-4-3-5-15(10-13)21(27)29-17-7-6-14(12-18(17)28-2)11-16-19(23)25-8-9-30-22(25)24-20(16)26/h3-12,23H,1-2H3. The number of amidine groups is 2. The minimum Gasteiger partial charge on any atom is -0.493 e. The van der Waals surface area contributed by atoms with E-state index in [4.69, 9.17) is 14.9 Å². The summed E-state index contributed by atoms with van der Waals surface area (Å²) in [6.45, 7) is 1.90. The number of nitrogens with zero attached hydrogens (tertiary/aromatic N) is 2. The van der Waals surface area contributed by atoms with Gasteiger partial charge in [0, 0.05) is 6.20 Å². The Bertz CT molecular complexity index is 1170. The molecule has 0 saturated heterocycles. The molecule has 30 heavy (non-hydrogen) atoms. The zero-order chi connectivity index (χ0) is 21.3. The monoisotopic (exact) mass is 419 g/mol. The molecule has 0 aromatic heterocycles. The Labute approximate surface area is 177 Å². The quantitative estimate of drug-likeness (QED) is 0.458. The number of fused-ring (bicyclic) bond motifs is 1. The molecule has 0 atom stereocenters. The number of rotatable bonds is 4. The summed E-state index contributed by atoms with van der Waals surface area (Å²) in [6, 6.07) is 12.0. The molecule has 4 rings (SSSR count). The number of aryl methyl sites for hydroxylation is 1. The number of hydrogen-bond acceptors (Lipinski definition) is 6. The molecule has 1 N–H and O–H groups in total. The predicted molar refractivity (Wildman–Crippen MR) is 116 cm³/mol. The van der Waals surface area contributed by atoms with Crippen molar-refractivity contribution < 1.29 is 19.1 Å². The van der Waals surface area contributed by atoms with Crippen molar-refractivity contribution in [2.75, 3.05) is 7.11 Å². The first kappa shape index (κ1) is 19.7. The first-order chi connectivity index (χ1) is 14.5. The average molecular weight is 419 g/mol. The lowest BCUT2D eigenvalue weighted by molar-refractivity contribution is -0.114. The second kappa shape index (κ2) is 8.00. The molecule has 0 spiro atoms. The number of carbonyl (C=O) groups is 2. The van der Waals surface area contributed by atoms with Gasteiger partial charge in [-0.25, -0.2) is 4.79 Å². The second-order valence-corrected chi connectivity index (χ2v) is 7.42. The van der Waals surface area contributed by atoms with Gasteiger partial charge in [-0.1, -0.05) is 35.5 Å². The van der Waals surface area contributed by atoms with E-state index in [1.807, 2.05) is 13.0 Å². The highest BCUT2D eigenvalue weighted by molar-refractivity contribution is 8.16. The molecule has 7 nitrogen and oxygen atoms in total. The molecule has 0 radical (unpaired) electrons. The van der Waals surface area contributed by atoms with Crippen molar-refractivity contribution in [1.82, 2.24) is 4.90 Å². The number of carbonyl (C=O) groups excluding carboxylic acids is 2. The number of amides is 1. The summed E-state index contributed by atoms with van der Waals surface area (Å²) in [5.41, 5.74) is 2.17. The number of methoxy groups -OCH3 is 1. The maximum Gasteiger partial charge on any atom is 0.343 e. The maximum absolute atomic E-state index is 12.4. The number of nitrogens with one attached hydrogen (secondary N) is 1. The van der Waals surface area contributed by atoms with Gasteiger partial charge in [-0.05, 0) is 48.2 Å². The van der Waals surface area contributed by atoms with Crippen molar-refractivity contribution in [3.05, 3.63) is 76.3 Å². The van der Waals surface area contributed by atoms with Crippen LogP contribution in [0.25, 0.3) is 6.08 Å². The fraction of sp³-hybridized carbons (Fsp3) is 0.0909. The van der Waals surface area contributed by atoms with Crippen LogP contribution in [-0.4, -0.2) is 34.9 Å². The van der Waals surface area contributed by atoms with Gasteiger partial charge >= 0.3 is 5.97 Å². The Balaban J connectivity index is 1.60. The van der Waals surface area contributed by atoms with Gasteiger partial charge in [-0.2, -0.15) is 4.99 Å². The summed E-state index contributed by atoms with van der Waals surface area (Å²) >= 11 is 1.29. The van der Waals surface area contributed by atoms with E-state index in [1.165, 1.54) is 18.9 Å². The molecule has 0 unspecified atom stereocenters. The van der Waals surface area contributed by atoms with Crippen molar-refractivity contribution in [2.45, 2.75) is 6.92 Å². The fourth-order valence-electron chi connectivity index (χ4n) is 2.99. The third-order valence-corrected chi connectivity index (χ3v) is 5.22. The zero-order valence-corrected chi connectivity index (χ0v) is 17.0. The topological polar surface area (TPSA) is 92.1 Å². The van der Waals surface area contributed by atoms with Crippen molar-refractivity contribution in [3.8, 4) is 11.5 Å². The number of thioether (sulfide) groups is 1. The van der Waals surface area contributed by atoms with E-state index in [-0.39, 0.29) is 17.2 Å². The lowest BCUT2D eigenvalue weighted by Gasteiger charge is -2.22. The largest absolute Gasteiger partial charge is 0.493 e. The van der Waals surface area contributed by atoms with Crippen LogP contribution >= 0.6 is 11.8 Å². The lowest BCUT2D eigenvalue weighted by Crippen LogP contribution is -2.35. The molecule has 0 fully saturated rings. The fourth-order valence-corrected chi connectivity index (χ4v) is 3.69. The number of esters is 1. The molecule has 2 aromatic carbocycles. The van der Waals surface area contributed by atoms with E-state index in [9.17, 15) is 9.59 Å². The Hall–Kier alpha value is -3.65. The van der Waals surface area contributed by atoms with E-state index in [2.05, 4.69) is 4.99 Å². The summed E-state index contributed by atoms with van der Waals surface area (Å²) < 4.78 is 10.8. The Morgan fingerprint density at radius 2 is 2.03 bits per heavy atom. The lowest BCUT2D eigenvalue weighted by atomic mass is 10.1. The summed E-state index contributed by atoms with van der Waals surface area (Å²) in [4.78, 5) is 30.3. The van der Waals surface area contributed by atoms with Gasteiger partial charge in [0.25, 0.3) is 5.91 Å². The summed E-state index contributed by atoms with van der Waals surface area (Å²) in [5, 5.41) is 10.5. The van der Waals surface area contributed by atoms with Crippen LogP contribution in [0.2, 0.25) is 0 Å². The van der Waals surface area contributed by atoms with Crippen LogP contribution in [0, 0.1) is 12.3 Å². The number of aliphatic imine (C=N–C) groups is 1. The van der Waals surface area contributed by atoms with Crippen LogP contribution in [0.15, 0.2) is 64.6 Å². The Morgan fingerprint density at radius 1 is 1.20 bits per heavy atom. The number of ether oxygens (including phenoxy) is 2. The first-order valence-electron chi connectivity index (χ1n) is 8.99. The normalized spacial score (nSPS) is 16.5. The third kappa shape index (κ3) is 3.77. The van der Waals surface area contributed by atoms with Gasteiger partial charge in [0.15, 0.2) is 16.7 Å². The van der Waals surface area contributed by atoms with Crippen LogP contribution in [0.1, 0.15) is 21.5 Å². The van der Waals surface area contributed by atoms with Crippen molar-refractivity contribution in [3.63, 3.8) is 0 Å². The molecule has 2 aliphatic rings. The van der Waals surface area contributed by atoms with Crippen LogP contribution in [0.4, 0.5) is 0 Å². The van der Waals surface area contributed by atoms with E-state index >= 15 is 0 Å². The second-order valence-electron chi connectivity index (χ2n) is 6.55. The van der Waals surface area contributed by atoms with Gasteiger partial charge in [-0.15, -0.1) is 0 Å².